The number of rotatable bonds is 4. The van der Waals surface area contributed by atoms with Gasteiger partial charge in [0.05, 0.1) is 12.0 Å². The number of amides is 1. The molecule has 0 unspecified atom stereocenters. The molecular formula is C23H19FN4O2. The zero-order chi connectivity index (χ0) is 20.5. The molecule has 0 radical (unpaired) electrons. The van der Waals surface area contributed by atoms with Gasteiger partial charge in [-0.15, -0.1) is 0 Å². The summed E-state index contributed by atoms with van der Waals surface area (Å²) in [6.07, 6.45) is 5.61. The van der Waals surface area contributed by atoms with Crippen molar-refractivity contribution in [2.75, 3.05) is 18.0 Å². The van der Waals surface area contributed by atoms with Gasteiger partial charge in [0, 0.05) is 59.8 Å². The molecule has 5 rings (SSSR count). The van der Waals surface area contributed by atoms with Crippen molar-refractivity contribution in [1.82, 2.24) is 15.3 Å². The second-order valence-electron chi connectivity index (χ2n) is 7.31. The van der Waals surface area contributed by atoms with E-state index in [9.17, 15) is 9.18 Å². The number of aromatic nitrogens is 2. The van der Waals surface area contributed by atoms with E-state index in [4.69, 9.17) is 4.42 Å². The Balaban J connectivity index is 1.26. The molecule has 1 fully saturated rings. The molecule has 0 bridgehead atoms. The standard InChI is InChI=1S/C23H19FN4O2/c24-21-13-18(5-9-25-21)28-11-7-17(14-28)27-23(29)16-3-1-15(2-4-16)22-19-8-12-30-20(19)6-10-26-22/h1-6,8-10,12-13,17H,7,11,14H2,(H,27,29)/t17-/m0/s1. The van der Waals surface area contributed by atoms with Gasteiger partial charge in [-0.25, -0.2) is 4.98 Å². The number of nitrogens with zero attached hydrogens (tertiary/aromatic N) is 3. The minimum Gasteiger partial charge on any atom is -0.464 e. The van der Waals surface area contributed by atoms with E-state index in [1.54, 1.807) is 30.7 Å². The molecule has 1 atom stereocenters. The lowest BCUT2D eigenvalue weighted by molar-refractivity contribution is 0.0940. The first-order valence-electron chi connectivity index (χ1n) is 9.77. The molecule has 1 aromatic carbocycles. The van der Waals surface area contributed by atoms with Crippen LogP contribution in [0.2, 0.25) is 0 Å². The second kappa shape index (κ2) is 7.59. The first kappa shape index (κ1) is 18.3. The number of pyridine rings is 2. The Morgan fingerprint density at radius 1 is 1.10 bits per heavy atom. The van der Waals surface area contributed by atoms with Crippen LogP contribution in [-0.4, -0.2) is 35.0 Å². The van der Waals surface area contributed by atoms with Crippen molar-refractivity contribution < 1.29 is 13.6 Å². The van der Waals surface area contributed by atoms with Crippen LogP contribution in [0.15, 0.2) is 71.6 Å². The molecule has 1 aliphatic heterocycles. The van der Waals surface area contributed by atoms with Crippen LogP contribution >= 0.6 is 0 Å². The van der Waals surface area contributed by atoms with Gasteiger partial charge in [-0.05, 0) is 36.8 Å². The molecule has 0 aliphatic carbocycles. The van der Waals surface area contributed by atoms with Crippen molar-refractivity contribution in [1.29, 1.82) is 0 Å². The Bertz CT molecular complexity index is 1210. The maximum atomic E-state index is 13.4. The van der Waals surface area contributed by atoms with E-state index in [-0.39, 0.29) is 11.9 Å². The molecule has 1 aliphatic rings. The molecule has 150 valence electrons. The van der Waals surface area contributed by atoms with Crippen LogP contribution in [0, 0.1) is 5.95 Å². The highest BCUT2D eigenvalue weighted by atomic mass is 19.1. The van der Waals surface area contributed by atoms with E-state index < -0.39 is 5.95 Å². The summed E-state index contributed by atoms with van der Waals surface area (Å²) in [6, 6.07) is 14.3. The van der Waals surface area contributed by atoms with Crippen LogP contribution < -0.4 is 10.2 Å². The van der Waals surface area contributed by atoms with Gasteiger partial charge in [0.2, 0.25) is 5.95 Å². The summed E-state index contributed by atoms with van der Waals surface area (Å²) in [5, 5.41) is 4.01. The van der Waals surface area contributed by atoms with Crippen molar-refractivity contribution in [3.63, 3.8) is 0 Å². The van der Waals surface area contributed by atoms with Gasteiger partial charge < -0.3 is 14.6 Å². The number of carbonyl (C=O) groups is 1. The van der Waals surface area contributed by atoms with Gasteiger partial charge in [0.15, 0.2) is 0 Å². The Labute approximate surface area is 172 Å². The van der Waals surface area contributed by atoms with E-state index >= 15 is 0 Å². The highest BCUT2D eigenvalue weighted by Gasteiger charge is 2.25. The van der Waals surface area contributed by atoms with Crippen LogP contribution in [0.25, 0.3) is 22.2 Å². The molecule has 7 heteroatoms. The smallest absolute Gasteiger partial charge is 0.251 e. The Morgan fingerprint density at radius 2 is 1.93 bits per heavy atom. The second-order valence-corrected chi connectivity index (χ2v) is 7.31. The summed E-state index contributed by atoms with van der Waals surface area (Å²) in [7, 11) is 0. The largest absolute Gasteiger partial charge is 0.464 e. The summed E-state index contributed by atoms with van der Waals surface area (Å²) in [5.41, 5.74) is 3.90. The number of fused-ring (bicyclic) bond motifs is 1. The number of benzene rings is 1. The maximum absolute atomic E-state index is 13.4. The third-order valence-electron chi connectivity index (χ3n) is 5.40. The van der Waals surface area contributed by atoms with E-state index in [2.05, 4.69) is 20.2 Å². The third-order valence-corrected chi connectivity index (χ3v) is 5.40. The minimum atomic E-state index is -0.499. The van der Waals surface area contributed by atoms with Gasteiger partial charge in [-0.3, -0.25) is 9.78 Å². The van der Waals surface area contributed by atoms with E-state index in [0.29, 0.717) is 12.1 Å². The van der Waals surface area contributed by atoms with Crippen LogP contribution in [0.1, 0.15) is 16.8 Å². The number of furan rings is 1. The summed E-state index contributed by atoms with van der Waals surface area (Å²) in [6.45, 7) is 1.40. The predicted octanol–water partition coefficient (Wildman–Crippen LogP) is 4.04. The molecule has 1 amide bonds. The van der Waals surface area contributed by atoms with E-state index in [1.807, 2.05) is 24.3 Å². The molecule has 0 saturated carbocycles. The summed E-state index contributed by atoms with van der Waals surface area (Å²) in [5.74, 6) is -0.621. The summed E-state index contributed by atoms with van der Waals surface area (Å²) < 4.78 is 18.8. The van der Waals surface area contributed by atoms with Crippen molar-refractivity contribution in [3.05, 3.63) is 78.7 Å². The van der Waals surface area contributed by atoms with Crippen LogP contribution in [0.5, 0.6) is 0 Å². The number of hydrogen-bond acceptors (Lipinski definition) is 5. The molecule has 30 heavy (non-hydrogen) atoms. The lowest BCUT2D eigenvalue weighted by Crippen LogP contribution is -2.37. The fourth-order valence-electron chi connectivity index (χ4n) is 3.87. The molecule has 1 N–H and O–H groups in total. The summed E-state index contributed by atoms with van der Waals surface area (Å²) >= 11 is 0. The molecule has 3 aromatic heterocycles. The molecule has 4 heterocycles. The highest BCUT2D eigenvalue weighted by Crippen LogP contribution is 2.27. The first-order valence-corrected chi connectivity index (χ1v) is 9.77. The van der Waals surface area contributed by atoms with Gasteiger partial charge in [-0.1, -0.05) is 12.1 Å². The fourth-order valence-corrected chi connectivity index (χ4v) is 3.87. The topological polar surface area (TPSA) is 71.3 Å². The zero-order valence-electron chi connectivity index (χ0n) is 16.1. The zero-order valence-corrected chi connectivity index (χ0v) is 16.1. The number of nitrogens with one attached hydrogen (secondary N) is 1. The van der Waals surface area contributed by atoms with Crippen molar-refractivity contribution in [2.24, 2.45) is 0 Å². The molecule has 1 saturated heterocycles. The monoisotopic (exact) mass is 402 g/mol. The number of halogens is 1. The molecule has 0 spiro atoms. The Kier molecular flexibility index (Phi) is 4.63. The van der Waals surface area contributed by atoms with Crippen molar-refractivity contribution >= 4 is 22.6 Å². The van der Waals surface area contributed by atoms with Crippen LogP contribution in [0.3, 0.4) is 0 Å². The number of hydrogen-bond donors (Lipinski definition) is 1. The van der Waals surface area contributed by atoms with Gasteiger partial charge in [0.1, 0.15) is 5.58 Å². The Morgan fingerprint density at radius 3 is 2.77 bits per heavy atom. The van der Waals surface area contributed by atoms with Gasteiger partial charge >= 0.3 is 0 Å². The maximum Gasteiger partial charge on any atom is 0.251 e. The quantitative estimate of drug-likeness (QED) is 0.522. The van der Waals surface area contributed by atoms with Crippen molar-refractivity contribution in [2.45, 2.75) is 12.5 Å². The highest BCUT2D eigenvalue weighted by molar-refractivity contribution is 5.96. The van der Waals surface area contributed by atoms with E-state index in [0.717, 1.165) is 40.9 Å². The van der Waals surface area contributed by atoms with Crippen molar-refractivity contribution in [3.8, 4) is 11.3 Å². The average molecular weight is 402 g/mol. The molecule has 6 nitrogen and oxygen atoms in total. The minimum absolute atomic E-state index is 0.00903. The predicted molar refractivity (Wildman–Crippen MR) is 112 cm³/mol. The SMILES string of the molecule is O=C(N[C@H]1CCN(c2ccnc(F)c2)C1)c1ccc(-c2nccc3occc23)cc1. The van der Waals surface area contributed by atoms with Gasteiger partial charge in [-0.2, -0.15) is 4.39 Å². The lowest BCUT2D eigenvalue weighted by Gasteiger charge is -2.19. The average Bonchev–Trinajstić information content (AvgIpc) is 3.43. The van der Waals surface area contributed by atoms with Gasteiger partial charge in [0.25, 0.3) is 5.91 Å². The number of carbonyl (C=O) groups excluding carboxylic acids is 1. The normalized spacial score (nSPS) is 16.2. The lowest BCUT2D eigenvalue weighted by atomic mass is 10.1. The van der Waals surface area contributed by atoms with Crippen LogP contribution in [0.4, 0.5) is 10.1 Å². The number of anilines is 1. The molecular weight excluding hydrogens is 383 g/mol. The first-order chi connectivity index (χ1) is 14.7. The van der Waals surface area contributed by atoms with Crippen LogP contribution in [-0.2, 0) is 0 Å². The summed E-state index contributed by atoms with van der Waals surface area (Å²) in [4.78, 5) is 22.8. The fraction of sp³-hybridized carbons (Fsp3) is 0.174. The molecule has 4 aromatic rings. The third kappa shape index (κ3) is 3.50. The van der Waals surface area contributed by atoms with E-state index in [1.165, 1.54) is 12.3 Å². The Hall–Kier alpha value is -3.74.